The maximum atomic E-state index is 10.8. The van der Waals surface area contributed by atoms with Crippen LogP contribution >= 0.6 is 0 Å². The van der Waals surface area contributed by atoms with Crippen LogP contribution in [0.25, 0.3) is 121 Å². The minimum Gasteiger partial charge on any atom is -0.507 e. The molecule has 0 atom stereocenters. The van der Waals surface area contributed by atoms with Crippen LogP contribution in [0.15, 0.2) is 257 Å². The van der Waals surface area contributed by atoms with Crippen LogP contribution in [-0.2, 0) is 113 Å². The molecule has 0 aromatic heterocycles. The highest BCUT2D eigenvalue weighted by Gasteiger charge is 2.42. The molecule has 12 heteroatoms. The Hall–Kier alpha value is -13.1. The Morgan fingerprint density at radius 3 is 0.614 bits per heavy atom. The summed E-state index contributed by atoms with van der Waals surface area (Å²) in [6, 6.07) is 85.0. The van der Waals surface area contributed by atoms with Crippen molar-refractivity contribution in [2.45, 2.75) is 181 Å². The van der Waals surface area contributed by atoms with Gasteiger partial charge in [-0.25, -0.2) is 0 Å². The summed E-state index contributed by atoms with van der Waals surface area (Å²) >= 11 is 0. The van der Waals surface area contributed by atoms with Gasteiger partial charge in [-0.1, -0.05) is 201 Å². The zero-order valence-electron chi connectivity index (χ0n) is 76.4. The van der Waals surface area contributed by atoms with Crippen LogP contribution in [0, 0.1) is 0 Å². The first-order valence-corrected chi connectivity index (χ1v) is 45.8. The number of aliphatic hydroxyl groups is 8. The van der Waals surface area contributed by atoms with E-state index in [1.165, 1.54) is 111 Å². The molecule has 0 bridgehead atoms. The minimum absolute atomic E-state index is 0.0543. The van der Waals surface area contributed by atoms with E-state index >= 15 is 0 Å². The zero-order valence-corrected chi connectivity index (χ0v) is 76.4. The fraction of sp³-hybridized carbons (Fsp3) is 0.233. The fourth-order valence-electron chi connectivity index (χ4n) is 22.5. The quantitative estimate of drug-likeness (QED) is 0.0200. The van der Waals surface area contributed by atoms with E-state index in [2.05, 4.69) is 264 Å². The van der Waals surface area contributed by atoms with Gasteiger partial charge in [-0.3, -0.25) is 0 Å². The lowest BCUT2D eigenvalue weighted by Gasteiger charge is -2.25. The van der Waals surface area contributed by atoms with E-state index in [1.54, 1.807) is 0 Å². The second kappa shape index (κ2) is 34.9. The standard InChI is InChI=1S/C116H106O12.2C2H4/c1-113(2)99-45-63(11-9-13-65-37-75(55-117)109(125)76(38-65)56-118)15-23-83(99)87-27-19-71(49-103(87)113)95-53-96(72-20-28-88-84-24-16-64(46-100(84)114(3,4)104(88)50-72)12-10-14-66-39-77(57-119)110(126)78(40-66)58-120)92-32-34-94-98(74-22-30-90-86-26-18-68(48-102(86)116(7,8)106(90)52-74)36-70-43-81(61-123)112(128)82(44-70)62-124)54-97(93-33-31-91(95)107(92)108(93)94)73-21-29-89-85-25-17-67(47-101(85)115(5,6)105(89)51-73)35-69-41-79(59-121)111(127)80(42-69)60-122;2*1-2/h15-34,37-54,117-128H,9-14,35-36,55-62H2,1-8H3;2*1-2H2. The highest BCUT2D eigenvalue weighted by atomic mass is 16.3. The van der Waals surface area contributed by atoms with Crippen LogP contribution in [0.4, 0.5) is 0 Å². The van der Waals surface area contributed by atoms with Gasteiger partial charge in [0.05, 0.1) is 52.9 Å². The fourth-order valence-corrected chi connectivity index (χ4v) is 22.5. The number of rotatable bonds is 24. The van der Waals surface area contributed by atoms with Crippen LogP contribution in [-0.4, -0.2) is 61.3 Å². The van der Waals surface area contributed by atoms with Gasteiger partial charge in [-0.05, 0) is 347 Å². The maximum absolute atomic E-state index is 10.8. The molecule has 16 aromatic rings. The number of fused-ring (bicyclic) bond motifs is 12. The first-order valence-electron chi connectivity index (χ1n) is 45.8. The Labute approximate surface area is 772 Å². The Balaban J connectivity index is 0.00000288. The Bertz CT molecular complexity index is 6810. The van der Waals surface area contributed by atoms with E-state index in [0.717, 1.165) is 138 Å². The second-order valence-electron chi connectivity index (χ2n) is 38.5. The highest BCUT2D eigenvalue weighted by Crippen LogP contribution is 2.59. The molecule has 16 aromatic carbocycles. The molecule has 0 saturated carbocycles. The molecule has 20 rings (SSSR count). The molecule has 0 radical (unpaired) electrons. The number of benzene rings is 16. The lowest BCUT2D eigenvalue weighted by atomic mass is 9.78. The van der Waals surface area contributed by atoms with E-state index < -0.39 is 10.8 Å². The van der Waals surface area contributed by atoms with E-state index in [1.807, 2.05) is 48.5 Å². The summed E-state index contributed by atoms with van der Waals surface area (Å²) < 4.78 is 0. The molecule has 132 heavy (non-hydrogen) atoms. The van der Waals surface area contributed by atoms with Crippen molar-refractivity contribution in [1.29, 1.82) is 0 Å². The summed E-state index contributed by atoms with van der Waals surface area (Å²) in [5.41, 5.74) is 38.3. The predicted molar refractivity (Wildman–Crippen MR) is 534 cm³/mol. The number of hydrogen-bond donors (Lipinski definition) is 12. The smallest absolute Gasteiger partial charge is 0.126 e. The first-order chi connectivity index (χ1) is 63.7. The SMILES string of the molecule is C=C.C=C.CC1(C)c2cc(CCCc3cc(CO)c(O)c(CO)c3)ccc2-c2ccc(-c3cc(-c4ccc5c(c4)C(C)(C)c4cc(CCCc6cc(CO)c(O)c(CO)c6)ccc4-5)c4ccc5c(-c6ccc7c(c6)C(C)(C)c6cc(Cc8cc(CO)c(O)c(CO)c8)ccc6-7)cc(-c6ccc7c(c6)C(C)(C)c6cc(Cc8cc(CO)c(O)c(CO)c8)ccc6-7)c6ccc3c4c65)cc21. The van der Waals surface area contributed by atoms with Crippen molar-refractivity contribution in [3.63, 3.8) is 0 Å². The Kier molecular flexibility index (Phi) is 23.7. The van der Waals surface area contributed by atoms with Gasteiger partial charge in [0, 0.05) is 66.2 Å². The normalized spacial score (nSPS) is 14.0. The zero-order chi connectivity index (χ0) is 93.1. The molecule has 0 spiro atoms. The van der Waals surface area contributed by atoms with Gasteiger partial charge in [-0.15, -0.1) is 26.3 Å². The van der Waals surface area contributed by atoms with Crippen LogP contribution in [0.3, 0.4) is 0 Å². The first kappa shape index (κ1) is 89.5. The molecule has 0 saturated heterocycles. The molecule has 0 unspecified atom stereocenters. The molecule has 12 N–H and O–H groups in total. The van der Waals surface area contributed by atoms with E-state index in [9.17, 15) is 61.3 Å². The van der Waals surface area contributed by atoms with Crippen molar-refractivity contribution >= 4 is 32.3 Å². The summed E-state index contributed by atoms with van der Waals surface area (Å²) in [5.74, 6) is -0.268. The lowest BCUT2D eigenvalue weighted by molar-refractivity contribution is 0.263. The van der Waals surface area contributed by atoms with Gasteiger partial charge in [-0.2, -0.15) is 0 Å². The topological polar surface area (TPSA) is 243 Å². The molecule has 666 valence electrons. The largest absolute Gasteiger partial charge is 0.507 e. The van der Waals surface area contributed by atoms with Gasteiger partial charge in [0.1, 0.15) is 23.0 Å². The third kappa shape index (κ3) is 14.9. The summed E-state index contributed by atoms with van der Waals surface area (Å²) in [7, 11) is 0. The maximum Gasteiger partial charge on any atom is 0.126 e. The van der Waals surface area contributed by atoms with Crippen molar-refractivity contribution in [2.24, 2.45) is 0 Å². The summed E-state index contributed by atoms with van der Waals surface area (Å²) in [6.45, 7) is 28.1. The third-order valence-electron chi connectivity index (χ3n) is 29.5. The number of aryl methyl sites for hydroxylation is 4. The van der Waals surface area contributed by atoms with Crippen molar-refractivity contribution in [3.05, 3.63) is 390 Å². The highest BCUT2D eigenvalue weighted by molar-refractivity contribution is 6.32. The molecule has 0 fully saturated rings. The van der Waals surface area contributed by atoms with Gasteiger partial charge in [0.15, 0.2) is 0 Å². The number of phenols is 4. The second-order valence-corrected chi connectivity index (χ2v) is 38.5. The van der Waals surface area contributed by atoms with Crippen molar-refractivity contribution in [1.82, 2.24) is 0 Å². The molecule has 12 nitrogen and oxygen atoms in total. The Morgan fingerprint density at radius 2 is 0.386 bits per heavy atom. The molecule has 0 amide bonds. The average molecular weight is 1750 g/mol. The van der Waals surface area contributed by atoms with Gasteiger partial charge in [0.25, 0.3) is 0 Å². The number of aromatic hydroxyl groups is 4. The van der Waals surface area contributed by atoms with E-state index in [0.29, 0.717) is 57.3 Å². The van der Waals surface area contributed by atoms with Crippen LogP contribution < -0.4 is 0 Å². The van der Waals surface area contributed by atoms with Gasteiger partial charge >= 0.3 is 0 Å². The summed E-state index contributed by atoms with van der Waals surface area (Å²) in [6.07, 6.45) is 5.82. The molecular formula is C120H114O12. The summed E-state index contributed by atoms with van der Waals surface area (Å²) in [4.78, 5) is 0. The third-order valence-corrected chi connectivity index (χ3v) is 29.5. The van der Waals surface area contributed by atoms with E-state index in [-0.39, 0.29) is 86.7 Å². The molecular weight excluding hydrogens is 1630 g/mol. The van der Waals surface area contributed by atoms with E-state index in [4.69, 9.17) is 0 Å². The average Bonchev–Trinajstić information content (AvgIpc) is 1.33. The summed E-state index contributed by atoms with van der Waals surface area (Å²) in [5, 5.41) is 131. The monoisotopic (exact) mass is 1750 g/mol. The number of hydrogen-bond acceptors (Lipinski definition) is 12. The van der Waals surface area contributed by atoms with Crippen LogP contribution in [0.5, 0.6) is 23.0 Å². The predicted octanol–water partition coefficient (Wildman–Crippen LogP) is 24.4. The Morgan fingerprint density at radius 1 is 0.197 bits per heavy atom. The number of aliphatic hydroxyl groups excluding tert-OH is 8. The molecule has 4 aliphatic carbocycles. The van der Waals surface area contributed by atoms with Crippen molar-refractivity contribution < 1.29 is 61.3 Å². The van der Waals surface area contributed by atoms with Gasteiger partial charge in [0.2, 0.25) is 0 Å². The van der Waals surface area contributed by atoms with Crippen LogP contribution in [0.2, 0.25) is 0 Å². The lowest BCUT2D eigenvalue weighted by Crippen LogP contribution is -2.15. The molecule has 0 heterocycles. The van der Waals surface area contributed by atoms with Gasteiger partial charge < -0.3 is 61.3 Å². The molecule has 0 aliphatic heterocycles. The van der Waals surface area contributed by atoms with Crippen molar-refractivity contribution in [2.75, 3.05) is 0 Å². The van der Waals surface area contributed by atoms with Crippen LogP contribution in [0.1, 0.15) is 202 Å². The molecule has 4 aliphatic rings. The van der Waals surface area contributed by atoms with Crippen molar-refractivity contribution in [3.8, 4) is 112 Å². The minimum atomic E-state index is -0.436.